The van der Waals surface area contributed by atoms with Crippen LogP contribution < -0.4 is 5.32 Å². The fourth-order valence-electron chi connectivity index (χ4n) is 1.49. The molecule has 20 heavy (non-hydrogen) atoms. The van der Waals surface area contributed by atoms with E-state index in [2.05, 4.69) is 10.1 Å². The zero-order chi connectivity index (χ0) is 15.1. The number of rotatable bonds is 5. The molecule has 0 bridgehead atoms. The van der Waals surface area contributed by atoms with Gasteiger partial charge in [0, 0.05) is 14.2 Å². The van der Waals surface area contributed by atoms with Crippen LogP contribution in [-0.2, 0) is 14.3 Å². The number of hydrogen-bond donors (Lipinski definition) is 2. The molecule has 0 fully saturated rings. The first-order chi connectivity index (χ1) is 9.47. The van der Waals surface area contributed by atoms with Crippen LogP contribution in [0.4, 0.5) is 4.79 Å². The van der Waals surface area contributed by atoms with Crippen LogP contribution >= 0.6 is 0 Å². The first-order valence-electron chi connectivity index (χ1n) is 5.81. The Bertz CT molecular complexity index is 489. The van der Waals surface area contributed by atoms with Gasteiger partial charge in [-0.3, -0.25) is 9.69 Å². The number of carbonyl (C=O) groups is 3. The lowest BCUT2D eigenvalue weighted by Gasteiger charge is -2.20. The Kier molecular flexibility index (Phi) is 5.67. The zero-order valence-electron chi connectivity index (χ0n) is 11.2. The van der Waals surface area contributed by atoms with Crippen molar-refractivity contribution in [1.29, 1.82) is 0 Å². The van der Waals surface area contributed by atoms with Crippen LogP contribution in [0.1, 0.15) is 11.6 Å². The maximum absolute atomic E-state index is 11.8. The van der Waals surface area contributed by atoms with E-state index < -0.39 is 23.9 Å². The highest BCUT2D eigenvalue weighted by molar-refractivity contribution is 5.96. The first-order valence-corrected chi connectivity index (χ1v) is 5.81. The van der Waals surface area contributed by atoms with Crippen molar-refractivity contribution in [2.45, 2.75) is 6.04 Å². The van der Waals surface area contributed by atoms with Crippen LogP contribution in [0.25, 0.3) is 0 Å². The number of aliphatic carboxylic acids is 1. The number of carboxylic acids is 1. The quantitative estimate of drug-likeness (QED) is 0.824. The van der Waals surface area contributed by atoms with Crippen LogP contribution in [0.15, 0.2) is 30.3 Å². The lowest BCUT2D eigenvalue weighted by atomic mass is 10.1. The summed E-state index contributed by atoms with van der Waals surface area (Å²) in [6.07, 6.45) is 0. The topological polar surface area (TPSA) is 95.9 Å². The molecule has 0 saturated carbocycles. The number of nitrogens with one attached hydrogen (secondary N) is 1. The third-order valence-electron chi connectivity index (χ3n) is 2.59. The molecule has 1 aromatic rings. The smallest absolute Gasteiger partial charge is 0.330 e. The van der Waals surface area contributed by atoms with Gasteiger partial charge in [-0.05, 0) is 5.56 Å². The van der Waals surface area contributed by atoms with Crippen molar-refractivity contribution in [3.05, 3.63) is 35.9 Å². The van der Waals surface area contributed by atoms with Crippen molar-refractivity contribution in [2.24, 2.45) is 0 Å². The molecule has 0 aliphatic carbocycles. The molecule has 108 valence electrons. The maximum atomic E-state index is 11.8. The minimum Gasteiger partial charge on any atom is -0.479 e. The van der Waals surface area contributed by atoms with Crippen molar-refractivity contribution in [3.63, 3.8) is 0 Å². The fraction of sp³-hybridized carbons (Fsp3) is 0.308. The van der Waals surface area contributed by atoms with E-state index >= 15 is 0 Å². The molecule has 1 atom stereocenters. The molecule has 7 nitrogen and oxygen atoms in total. The molecule has 1 unspecified atom stereocenters. The molecule has 0 spiro atoms. The van der Waals surface area contributed by atoms with Crippen LogP contribution in [0.2, 0.25) is 0 Å². The molecule has 0 radical (unpaired) electrons. The highest BCUT2D eigenvalue weighted by Crippen LogP contribution is 2.13. The van der Waals surface area contributed by atoms with Gasteiger partial charge in [-0.25, -0.2) is 9.59 Å². The van der Waals surface area contributed by atoms with E-state index in [1.54, 1.807) is 30.3 Å². The molecular formula is C13H16N2O5. The largest absolute Gasteiger partial charge is 0.479 e. The summed E-state index contributed by atoms with van der Waals surface area (Å²) in [6, 6.07) is 6.20. The summed E-state index contributed by atoms with van der Waals surface area (Å²) < 4.78 is 4.62. The molecule has 1 rings (SSSR count). The number of urea groups is 1. The summed E-state index contributed by atoms with van der Waals surface area (Å²) in [5.41, 5.74) is 0.418. The number of ether oxygens (including phenoxy) is 1. The Morgan fingerprint density at radius 2 is 1.90 bits per heavy atom. The summed E-state index contributed by atoms with van der Waals surface area (Å²) in [5, 5.41) is 11.4. The highest BCUT2D eigenvalue weighted by Gasteiger charge is 2.25. The van der Waals surface area contributed by atoms with E-state index in [1.165, 1.54) is 14.2 Å². The molecule has 3 amide bonds. The number of amides is 3. The molecule has 0 saturated heterocycles. The molecule has 7 heteroatoms. The van der Waals surface area contributed by atoms with Gasteiger partial charge >= 0.3 is 12.0 Å². The van der Waals surface area contributed by atoms with Crippen LogP contribution in [0.3, 0.4) is 0 Å². The van der Waals surface area contributed by atoms with E-state index in [0.29, 0.717) is 5.56 Å². The van der Waals surface area contributed by atoms with Gasteiger partial charge in [0.2, 0.25) is 0 Å². The zero-order valence-corrected chi connectivity index (χ0v) is 11.2. The van der Waals surface area contributed by atoms with Crippen LogP contribution in [0.5, 0.6) is 0 Å². The standard InChI is InChI=1S/C13H16N2O5/c1-15(10(16)8-20-2)13(19)14-11(12(17)18)9-6-4-3-5-7-9/h3-7,11H,8H2,1-2H3,(H,14,19)(H,17,18). The summed E-state index contributed by atoms with van der Waals surface area (Å²) in [4.78, 5) is 35.3. The molecular weight excluding hydrogens is 264 g/mol. The number of methoxy groups -OCH3 is 1. The van der Waals surface area contributed by atoms with Gasteiger partial charge in [0.05, 0.1) is 0 Å². The summed E-state index contributed by atoms with van der Waals surface area (Å²) in [7, 11) is 2.58. The minimum atomic E-state index is -1.22. The van der Waals surface area contributed by atoms with E-state index in [9.17, 15) is 14.4 Å². The van der Waals surface area contributed by atoms with E-state index in [0.717, 1.165) is 4.90 Å². The first kappa shape index (κ1) is 15.6. The molecule has 2 N–H and O–H groups in total. The Balaban J connectivity index is 2.79. The van der Waals surface area contributed by atoms with Gasteiger partial charge in [-0.2, -0.15) is 0 Å². The Labute approximate surface area is 116 Å². The monoisotopic (exact) mass is 280 g/mol. The Hall–Kier alpha value is -2.41. The average molecular weight is 280 g/mol. The average Bonchev–Trinajstić information content (AvgIpc) is 2.44. The lowest BCUT2D eigenvalue weighted by molar-refractivity contribution is -0.140. The normalized spacial score (nSPS) is 11.5. The Morgan fingerprint density at radius 3 is 2.40 bits per heavy atom. The summed E-state index contributed by atoms with van der Waals surface area (Å²) >= 11 is 0. The maximum Gasteiger partial charge on any atom is 0.330 e. The number of carboxylic acid groups (broad SMARTS) is 1. The molecule has 1 aromatic carbocycles. The number of imide groups is 1. The van der Waals surface area contributed by atoms with Crippen molar-refractivity contribution in [1.82, 2.24) is 10.2 Å². The number of likely N-dealkylation sites (N-methyl/N-ethyl adjacent to an activating group) is 1. The third kappa shape index (κ3) is 4.06. The highest BCUT2D eigenvalue weighted by atomic mass is 16.5. The van der Waals surface area contributed by atoms with Gasteiger partial charge in [0.15, 0.2) is 6.04 Å². The fourth-order valence-corrected chi connectivity index (χ4v) is 1.49. The number of nitrogens with zero attached hydrogens (tertiary/aromatic N) is 1. The number of carbonyl (C=O) groups excluding carboxylic acids is 2. The lowest BCUT2D eigenvalue weighted by Crippen LogP contribution is -2.45. The van der Waals surface area contributed by atoms with Crippen molar-refractivity contribution in [3.8, 4) is 0 Å². The molecule has 0 aromatic heterocycles. The minimum absolute atomic E-state index is 0.257. The van der Waals surface area contributed by atoms with Gasteiger partial charge in [-0.1, -0.05) is 30.3 Å². The number of benzene rings is 1. The van der Waals surface area contributed by atoms with Crippen LogP contribution in [0, 0.1) is 0 Å². The second-order valence-electron chi connectivity index (χ2n) is 4.02. The van der Waals surface area contributed by atoms with Gasteiger partial charge < -0.3 is 15.2 Å². The predicted octanol–water partition coefficient (Wildman–Crippen LogP) is 0.627. The van der Waals surface area contributed by atoms with Gasteiger partial charge in [0.25, 0.3) is 5.91 Å². The summed E-state index contributed by atoms with van der Waals surface area (Å²) in [6.45, 7) is -0.257. The molecule has 0 aliphatic heterocycles. The van der Waals surface area contributed by atoms with Gasteiger partial charge in [-0.15, -0.1) is 0 Å². The van der Waals surface area contributed by atoms with Gasteiger partial charge in [0.1, 0.15) is 6.61 Å². The summed E-state index contributed by atoms with van der Waals surface area (Å²) in [5.74, 6) is -1.78. The van der Waals surface area contributed by atoms with E-state index in [4.69, 9.17) is 5.11 Å². The Morgan fingerprint density at radius 1 is 1.30 bits per heavy atom. The molecule has 0 aliphatic rings. The second-order valence-corrected chi connectivity index (χ2v) is 4.02. The third-order valence-corrected chi connectivity index (χ3v) is 2.59. The number of hydrogen-bond acceptors (Lipinski definition) is 4. The van der Waals surface area contributed by atoms with E-state index in [1.807, 2.05) is 0 Å². The molecule has 0 heterocycles. The predicted molar refractivity (Wildman–Crippen MR) is 70.0 cm³/mol. The van der Waals surface area contributed by atoms with E-state index in [-0.39, 0.29) is 6.61 Å². The van der Waals surface area contributed by atoms with Crippen molar-refractivity contribution >= 4 is 17.9 Å². The van der Waals surface area contributed by atoms with Crippen LogP contribution in [-0.4, -0.2) is 48.7 Å². The SMILES string of the molecule is COCC(=O)N(C)C(=O)NC(C(=O)O)c1ccccc1. The second kappa shape index (κ2) is 7.25. The van der Waals surface area contributed by atoms with Crippen molar-refractivity contribution < 1.29 is 24.2 Å². The van der Waals surface area contributed by atoms with Crippen molar-refractivity contribution in [2.75, 3.05) is 20.8 Å².